The van der Waals surface area contributed by atoms with Gasteiger partial charge in [-0.25, -0.2) is 0 Å². The zero-order valence-corrected chi connectivity index (χ0v) is 12.5. The molecule has 0 aliphatic carbocycles. The Morgan fingerprint density at radius 1 is 1.37 bits per heavy atom. The number of hydrogen-bond donors (Lipinski definition) is 1. The zero-order valence-electron chi connectivity index (χ0n) is 12.5. The third-order valence-corrected chi connectivity index (χ3v) is 4.38. The van der Waals surface area contributed by atoms with Gasteiger partial charge in [0, 0.05) is 31.7 Å². The first kappa shape index (κ1) is 14.5. The number of aryl methyl sites for hydroxylation is 1. The van der Waals surface area contributed by atoms with Crippen LogP contribution in [0.1, 0.15) is 30.5 Å². The lowest BCUT2D eigenvalue weighted by molar-refractivity contribution is 0.220. The number of nitrogens with zero attached hydrogens (tertiary/aromatic N) is 2. The van der Waals surface area contributed by atoms with E-state index in [0.29, 0.717) is 18.6 Å². The fourth-order valence-corrected chi connectivity index (χ4v) is 3.13. The summed E-state index contributed by atoms with van der Waals surface area (Å²) in [6.07, 6.45) is 2.33. The van der Waals surface area contributed by atoms with Crippen LogP contribution in [0.25, 0.3) is 0 Å². The predicted octanol–water partition coefficient (Wildman–Crippen LogP) is 1.88. The van der Waals surface area contributed by atoms with Gasteiger partial charge >= 0.3 is 0 Å². The van der Waals surface area contributed by atoms with E-state index in [4.69, 9.17) is 5.73 Å². The quantitative estimate of drug-likeness (QED) is 0.878. The summed E-state index contributed by atoms with van der Waals surface area (Å²) >= 11 is 0. The molecule has 0 bridgehead atoms. The van der Waals surface area contributed by atoms with Crippen LogP contribution in [0.2, 0.25) is 0 Å². The number of nitrogens with two attached hydrogens (primary N) is 1. The molecule has 3 nitrogen and oxygen atoms in total. The Morgan fingerprint density at radius 3 is 2.68 bits per heavy atom. The molecule has 0 spiro atoms. The molecule has 3 heteroatoms. The van der Waals surface area contributed by atoms with Gasteiger partial charge in [-0.05, 0) is 38.1 Å². The van der Waals surface area contributed by atoms with Gasteiger partial charge in [0.1, 0.15) is 0 Å². The molecule has 1 heterocycles. The highest BCUT2D eigenvalue weighted by atomic mass is 15.2. The van der Waals surface area contributed by atoms with Crippen molar-refractivity contribution in [3.63, 3.8) is 0 Å². The van der Waals surface area contributed by atoms with Crippen molar-refractivity contribution in [2.45, 2.75) is 31.8 Å². The van der Waals surface area contributed by atoms with Gasteiger partial charge in [-0.3, -0.25) is 4.90 Å². The van der Waals surface area contributed by atoms with E-state index >= 15 is 0 Å². The standard InChI is InChI=1S/C16H27N3/c1-4-13-7-5-6-8-15(13)16(11-17)19-10-9-14(12-19)18(2)3/h5-8,14,16H,4,9-12,17H2,1-3H3. The Morgan fingerprint density at radius 2 is 2.11 bits per heavy atom. The molecule has 1 saturated heterocycles. The van der Waals surface area contributed by atoms with Crippen molar-refractivity contribution < 1.29 is 0 Å². The van der Waals surface area contributed by atoms with Gasteiger partial charge < -0.3 is 10.6 Å². The number of likely N-dealkylation sites (tertiary alicyclic amines) is 1. The van der Waals surface area contributed by atoms with Crippen molar-refractivity contribution in [1.29, 1.82) is 0 Å². The van der Waals surface area contributed by atoms with E-state index in [1.54, 1.807) is 0 Å². The normalized spacial score (nSPS) is 22.1. The van der Waals surface area contributed by atoms with E-state index in [9.17, 15) is 0 Å². The molecule has 1 fully saturated rings. The summed E-state index contributed by atoms with van der Waals surface area (Å²) in [4.78, 5) is 4.89. The largest absolute Gasteiger partial charge is 0.329 e. The number of hydrogen-bond acceptors (Lipinski definition) is 3. The van der Waals surface area contributed by atoms with Crippen LogP contribution in [-0.2, 0) is 6.42 Å². The molecule has 19 heavy (non-hydrogen) atoms. The summed E-state index contributed by atoms with van der Waals surface area (Å²) in [5.74, 6) is 0. The lowest BCUT2D eigenvalue weighted by atomic mass is 9.97. The molecular formula is C16H27N3. The average molecular weight is 261 g/mol. The number of benzene rings is 1. The second-order valence-electron chi connectivity index (χ2n) is 5.70. The average Bonchev–Trinajstić information content (AvgIpc) is 2.90. The third-order valence-electron chi connectivity index (χ3n) is 4.38. The molecule has 0 radical (unpaired) electrons. The minimum Gasteiger partial charge on any atom is -0.329 e. The van der Waals surface area contributed by atoms with E-state index in [0.717, 1.165) is 19.5 Å². The summed E-state index contributed by atoms with van der Waals surface area (Å²) in [6.45, 7) is 5.21. The van der Waals surface area contributed by atoms with Crippen molar-refractivity contribution in [2.75, 3.05) is 33.7 Å². The van der Waals surface area contributed by atoms with Crippen LogP contribution in [0.3, 0.4) is 0 Å². The molecule has 106 valence electrons. The summed E-state index contributed by atoms with van der Waals surface area (Å²) in [7, 11) is 4.34. The Balaban J connectivity index is 2.16. The predicted molar refractivity (Wildman–Crippen MR) is 81.3 cm³/mol. The van der Waals surface area contributed by atoms with Gasteiger partial charge in [0.25, 0.3) is 0 Å². The van der Waals surface area contributed by atoms with Crippen molar-refractivity contribution in [3.05, 3.63) is 35.4 Å². The van der Waals surface area contributed by atoms with Crippen molar-refractivity contribution in [2.24, 2.45) is 5.73 Å². The highest BCUT2D eigenvalue weighted by Crippen LogP contribution is 2.28. The zero-order chi connectivity index (χ0) is 13.8. The topological polar surface area (TPSA) is 32.5 Å². The second kappa shape index (κ2) is 6.51. The molecular weight excluding hydrogens is 234 g/mol. The lowest BCUT2D eigenvalue weighted by Gasteiger charge is -2.29. The van der Waals surface area contributed by atoms with E-state index in [1.165, 1.54) is 17.5 Å². The maximum Gasteiger partial charge on any atom is 0.0473 e. The molecule has 2 atom stereocenters. The Labute approximate surface area is 117 Å². The van der Waals surface area contributed by atoms with Crippen LogP contribution in [0.15, 0.2) is 24.3 Å². The first-order valence-corrected chi connectivity index (χ1v) is 7.35. The molecule has 0 aromatic heterocycles. The minimum absolute atomic E-state index is 0.376. The molecule has 0 saturated carbocycles. The smallest absolute Gasteiger partial charge is 0.0473 e. The first-order chi connectivity index (χ1) is 9.17. The molecule has 2 rings (SSSR count). The van der Waals surface area contributed by atoms with Gasteiger partial charge in [0.15, 0.2) is 0 Å². The van der Waals surface area contributed by atoms with Crippen LogP contribution in [0.4, 0.5) is 0 Å². The first-order valence-electron chi connectivity index (χ1n) is 7.35. The molecule has 1 aromatic rings. The molecule has 1 aliphatic heterocycles. The van der Waals surface area contributed by atoms with Gasteiger partial charge in [-0.15, -0.1) is 0 Å². The SMILES string of the molecule is CCc1ccccc1C(CN)N1CCC(N(C)C)C1. The summed E-state index contributed by atoms with van der Waals surface area (Å²) in [5, 5.41) is 0. The summed E-state index contributed by atoms with van der Waals surface area (Å²) in [5.41, 5.74) is 8.93. The fraction of sp³-hybridized carbons (Fsp3) is 0.625. The fourth-order valence-electron chi connectivity index (χ4n) is 3.13. The maximum atomic E-state index is 6.07. The van der Waals surface area contributed by atoms with E-state index in [-0.39, 0.29) is 0 Å². The van der Waals surface area contributed by atoms with Gasteiger partial charge in [0.2, 0.25) is 0 Å². The third kappa shape index (κ3) is 3.16. The van der Waals surface area contributed by atoms with Crippen LogP contribution in [0, 0.1) is 0 Å². The van der Waals surface area contributed by atoms with Crippen molar-refractivity contribution >= 4 is 0 Å². The Hall–Kier alpha value is -0.900. The van der Waals surface area contributed by atoms with Gasteiger partial charge in [0.05, 0.1) is 0 Å². The van der Waals surface area contributed by atoms with Crippen LogP contribution >= 0.6 is 0 Å². The van der Waals surface area contributed by atoms with Crippen molar-refractivity contribution in [3.8, 4) is 0 Å². The van der Waals surface area contributed by atoms with Crippen molar-refractivity contribution in [1.82, 2.24) is 9.80 Å². The summed E-state index contributed by atoms with van der Waals surface area (Å²) < 4.78 is 0. The minimum atomic E-state index is 0.376. The van der Waals surface area contributed by atoms with Crippen LogP contribution in [-0.4, -0.2) is 49.6 Å². The van der Waals surface area contributed by atoms with Gasteiger partial charge in [-0.1, -0.05) is 31.2 Å². The summed E-state index contributed by atoms with van der Waals surface area (Å²) in [6, 6.07) is 9.79. The molecule has 2 N–H and O–H groups in total. The lowest BCUT2D eigenvalue weighted by Crippen LogP contribution is -2.36. The molecule has 1 aromatic carbocycles. The molecule has 2 unspecified atom stereocenters. The van der Waals surface area contributed by atoms with E-state index in [2.05, 4.69) is 55.1 Å². The number of likely N-dealkylation sites (N-methyl/N-ethyl adjacent to an activating group) is 1. The second-order valence-corrected chi connectivity index (χ2v) is 5.70. The van der Waals surface area contributed by atoms with E-state index < -0.39 is 0 Å². The van der Waals surface area contributed by atoms with Crippen LogP contribution in [0.5, 0.6) is 0 Å². The highest BCUT2D eigenvalue weighted by Gasteiger charge is 2.30. The maximum absolute atomic E-state index is 6.07. The van der Waals surface area contributed by atoms with Crippen LogP contribution < -0.4 is 5.73 Å². The Bertz CT molecular complexity index is 403. The molecule has 0 amide bonds. The van der Waals surface area contributed by atoms with E-state index in [1.807, 2.05) is 0 Å². The number of rotatable bonds is 5. The Kier molecular flexibility index (Phi) is 4.97. The van der Waals surface area contributed by atoms with Gasteiger partial charge in [-0.2, -0.15) is 0 Å². The molecule has 1 aliphatic rings. The monoisotopic (exact) mass is 261 g/mol. The highest BCUT2D eigenvalue weighted by molar-refractivity contribution is 5.30.